The maximum absolute atomic E-state index is 14.7. The van der Waals surface area contributed by atoms with Gasteiger partial charge in [-0.2, -0.15) is 8.78 Å². The number of hydrogen-bond acceptors (Lipinski definition) is 3. The lowest BCUT2D eigenvalue weighted by molar-refractivity contribution is -0.171. The van der Waals surface area contributed by atoms with Crippen molar-refractivity contribution in [2.24, 2.45) is 0 Å². The number of alkyl halides is 2. The van der Waals surface area contributed by atoms with Crippen molar-refractivity contribution < 1.29 is 27.9 Å². The number of Topliss-reactive ketones (excluding diaryl/α,β-unsaturated/α-hetero) is 1. The van der Waals surface area contributed by atoms with Crippen molar-refractivity contribution in [3.8, 4) is 0 Å². The molecule has 0 saturated carbocycles. The van der Waals surface area contributed by atoms with Crippen LogP contribution in [0.5, 0.6) is 0 Å². The van der Waals surface area contributed by atoms with Gasteiger partial charge in [-0.3, -0.25) is 9.59 Å². The molecule has 0 spiro atoms. The number of benzene rings is 2. The monoisotopic (exact) mass is 321 g/mol. The first kappa shape index (κ1) is 15.2. The lowest BCUT2D eigenvalue weighted by Crippen LogP contribution is -2.55. The molecule has 7 heteroatoms. The van der Waals surface area contributed by atoms with E-state index in [1.165, 1.54) is 18.2 Å². The summed E-state index contributed by atoms with van der Waals surface area (Å²) in [6, 6.07) is 9.14. The molecule has 2 aromatic carbocycles. The molecule has 1 heterocycles. The molecule has 0 fully saturated rings. The maximum Gasteiger partial charge on any atom is 0.351 e. The number of carbonyl (C=O) groups is 2. The smallest absolute Gasteiger partial charge is 0.351 e. The quantitative estimate of drug-likeness (QED) is 0.854. The third-order valence-corrected chi connectivity index (χ3v) is 3.72. The van der Waals surface area contributed by atoms with Crippen molar-refractivity contribution in [3.63, 3.8) is 0 Å². The first-order valence-electron chi connectivity index (χ1n) is 6.60. The molecule has 0 aliphatic carbocycles. The number of amides is 1. The molecule has 0 radical (unpaired) electrons. The van der Waals surface area contributed by atoms with E-state index in [1.54, 1.807) is 0 Å². The topological polar surface area (TPSA) is 66.4 Å². The van der Waals surface area contributed by atoms with Gasteiger partial charge in [-0.1, -0.05) is 30.3 Å². The minimum atomic E-state index is -4.47. The van der Waals surface area contributed by atoms with Crippen LogP contribution in [0, 0.1) is 5.82 Å². The van der Waals surface area contributed by atoms with E-state index < -0.39 is 34.6 Å². The normalized spacial score (nSPS) is 20.1. The summed E-state index contributed by atoms with van der Waals surface area (Å²) in [5, 5.41) is 12.4. The predicted molar refractivity (Wildman–Crippen MR) is 74.6 cm³/mol. The van der Waals surface area contributed by atoms with Gasteiger partial charge in [-0.25, -0.2) is 4.39 Å². The van der Waals surface area contributed by atoms with E-state index in [2.05, 4.69) is 0 Å². The van der Waals surface area contributed by atoms with Gasteiger partial charge in [0, 0.05) is 16.8 Å². The van der Waals surface area contributed by atoms with Gasteiger partial charge >= 0.3 is 5.92 Å². The summed E-state index contributed by atoms with van der Waals surface area (Å²) >= 11 is 0. The third-order valence-electron chi connectivity index (χ3n) is 3.72. The molecule has 1 unspecified atom stereocenters. The van der Waals surface area contributed by atoms with Crippen molar-refractivity contribution in [2.45, 2.75) is 11.5 Å². The summed E-state index contributed by atoms with van der Waals surface area (Å²) in [6.07, 6.45) is 0. The minimum absolute atomic E-state index is 0.167. The predicted octanol–water partition coefficient (Wildman–Crippen LogP) is 2.48. The summed E-state index contributed by atoms with van der Waals surface area (Å²) < 4.78 is 42.7. The van der Waals surface area contributed by atoms with Crippen LogP contribution in [0.15, 0.2) is 48.5 Å². The lowest BCUT2D eigenvalue weighted by Gasteiger charge is -2.29. The molecule has 1 atom stereocenters. The molecule has 2 aromatic rings. The van der Waals surface area contributed by atoms with Crippen molar-refractivity contribution in [1.29, 1.82) is 0 Å². The third kappa shape index (κ3) is 2.04. The van der Waals surface area contributed by atoms with Gasteiger partial charge < -0.3 is 10.4 Å². The Morgan fingerprint density at radius 3 is 2.43 bits per heavy atom. The van der Waals surface area contributed by atoms with Crippen LogP contribution in [0.1, 0.15) is 15.9 Å². The Morgan fingerprint density at radius 2 is 1.78 bits per heavy atom. The molecule has 1 aliphatic rings. The first-order chi connectivity index (χ1) is 10.8. The van der Waals surface area contributed by atoms with Crippen molar-refractivity contribution in [1.82, 2.24) is 0 Å². The number of halogens is 3. The first-order valence-corrected chi connectivity index (χ1v) is 6.60. The van der Waals surface area contributed by atoms with E-state index in [1.807, 2.05) is 5.32 Å². The highest BCUT2D eigenvalue weighted by Gasteiger charge is 2.67. The van der Waals surface area contributed by atoms with Crippen LogP contribution in [0.25, 0.3) is 0 Å². The molecule has 1 aliphatic heterocycles. The molecule has 2 N–H and O–H groups in total. The Bertz CT molecular complexity index is 807. The summed E-state index contributed by atoms with van der Waals surface area (Å²) in [4.78, 5) is 24.0. The fourth-order valence-corrected chi connectivity index (χ4v) is 2.51. The molecule has 118 valence electrons. The van der Waals surface area contributed by atoms with Crippen molar-refractivity contribution >= 4 is 17.4 Å². The van der Waals surface area contributed by atoms with Crippen LogP contribution in [0.3, 0.4) is 0 Å². The minimum Gasteiger partial charge on any atom is -0.370 e. The van der Waals surface area contributed by atoms with Crippen LogP contribution in [-0.2, 0) is 10.4 Å². The number of ketones is 1. The number of carbonyl (C=O) groups excluding carboxylic acids is 2. The van der Waals surface area contributed by atoms with Gasteiger partial charge in [0.1, 0.15) is 5.82 Å². The summed E-state index contributed by atoms with van der Waals surface area (Å²) in [7, 11) is 0. The number of hydrogen-bond donors (Lipinski definition) is 2. The molecule has 1 amide bonds. The van der Waals surface area contributed by atoms with Crippen LogP contribution in [-0.4, -0.2) is 22.7 Å². The molecular formula is C16H10F3NO3. The van der Waals surface area contributed by atoms with Crippen LogP contribution in [0.2, 0.25) is 0 Å². The van der Waals surface area contributed by atoms with E-state index in [-0.39, 0.29) is 11.3 Å². The highest BCUT2D eigenvalue weighted by Crippen LogP contribution is 2.47. The second-order valence-electron chi connectivity index (χ2n) is 5.12. The van der Waals surface area contributed by atoms with E-state index in [4.69, 9.17) is 0 Å². The SMILES string of the molecule is O=C(c1ccccc1)C(F)(F)C1(O)C(=O)Nc2ccc(F)cc21. The van der Waals surface area contributed by atoms with E-state index in [9.17, 15) is 27.9 Å². The molecule has 0 bridgehead atoms. The van der Waals surface area contributed by atoms with Gasteiger partial charge in [0.15, 0.2) is 0 Å². The highest BCUT2D eigenvalue weighted by atomic mass is 19.3. The largest absolute Gasteiger partial charge is 0.370 e. The number of fused-ring (bicyclic) bond motifs is 1. The molecule has 4 nitrogen and oxygen atoms in total. The number of rotatable bonds is 3. The molecule has 23 heavy (non-hydrogen) atoms. The van der Waals surface area contributed by atoms with E-state index >= 15 is 0 Å². The Hall–Kier alpha value is -2.67. The molecule has 3 rings (SSSR count). The Labute approximate surface area is 128 Å². The van der Waals surface area contributed by atoms with Gasteiger partial charge in [-0.15, -0.1) is 0 Å². The van der Waals surface area contributed by atoms with Crippen LogP contribution >= 0.6 is 0 Å². The number of aliphatic hydroxyl groups is 1. The van der Waals surface area contributed by atoms with E-state index in [0.29, 0.717) is 6.07 Å². The summed E-state index contributed by atoms with van der Waals surface area (Å²) in [5.41, 5.74) is -4.68. The second-order valence-corrected chi connectivity index (χ2v) is 5.12. The lowest BCUT2D eigenvalue weighted by atomic mass is 9.84. The Morgan fingerprint density at radius 1 is 1.13 bits per heavy atom. The standard InChI is InChI=1S/C16H10F3NO3/c17-10-6-7-12-11(8-10)15(23,14(22)20-12)16(18,19)13(21)9-4-2-1-3-5-9/h1-8,23H,(H,20,22). The maximum atomic E-state index is 14.7. The van der Waals surface area contributed by atoms with Gasteiger partial charge in [0.05, 0.1) is 0 Å². The van der Waals surface area contributed by atoms with Gasteiger partial charge in [0.25, 0.3) is 5.91 Å². The zero-order valence-corrected chi connectivity index (χ0v) is 11.5. The molecular weight excluding hydrogens is 311 g/mol. The Kier molecular flexibility index (Phi) is 3.26. The zero-order valence-electron chi connectivity index (χ0n) is 11.5. The van der Waals surface area contributed by atoms with E-state index in [0.717, 1.165) is 24.3 Å². The van der Waals surface area contributed by atoms with Crippen LogP contribution < -0.4 is 5.32 Å². The van der Waals surface area contributed by atoms with Crippen molar-refractivity contribution in [2.75, 3.05) is 5.32 Å². The van der Waals surface area contributed by atoms with Crippen LogP contribution in [0.4, 0.5) is 18.9 Å². The highest BCUT2D eigenvalue weighted by molar-refractivity contribution is 6.13. The van der Waals surface area contributed by atoms with Gasteiger partial charge in [-0.05, 0) is 18.2 Å². The zero-order chi connectivity index (χ0) is 16.8. The number of anilines is 1. The molecule has 0 aromatic heterocycles. The average molecular weight is 321 g/mol. The Balaban J connectivity index is 2.14. The average Bonchev–Trinajstić information content (AvgIpc) is 2.80. The molecule has 0 saturated heterocycles. The summed E-state index contributed by atoms with van der Waals surface area (Å²) in [5.74, 6) is -8.60. The fraction of sp³-hybridized carbons (Fsp3) is 0.125. The van der Waals surface area contributed by atoms with Gasteiger partial charge in [0.2, 0.25) is 11.4 Å². The van der Waals surface area contributed by atoms with Crippen molar-refractivity contribution in [3.05, 3.63) is 65.5 Å². The second kappa shape index (κ2) is 4.92. The fourth-order valence-electron chi connectivity index (χ4n) is 2.51. The number of nitrogens with one attached hydrogen (secondary N) is 1. The summed E-state index contributed by atoms with van der Waals surface area (Å²) in [6.45, 7) is 0.